The topological polar surface area (TPSA) is 26.7 Å². The van der Waals surface area contributed by atoms with Gasteiger partial charge in [0.05, 0.1) is 6.10 Å². The van der Waals surface area contributed by atoms with E-state index in [1.165, 1.54) is 37.2 Å². The first kappa shape index (κ1) is 14.9. The molecule has 3 rings (SSSR count). The van der Waals surface area contributed by atoms with Gasteiger partial charge in [-0.2, -0.15) is 0 Å². The van der Waals surface area contributed by atoms with E-state index >= 15 is 0 Å². The third-order valence-electron chi connectivity index (χ3n) is 5.05. The first-order valence-electron chi connectivity index (χ1n) is 8.45. The summed E-state index contributed by atoms with van der Waals surface area (Å²) in [4.78, 5) is 4.96. The van der Waals surface area contributed by atoms with Crippen LogP contribution in [0.15, 0.2) is 24.3 Å². The number of piperidine rings is 2. The van der Waals surface area contributed by atoms with Gasteiger partial charge in [0.1, 0.15) is 0 Å². The molecule has 2 aliphatic heterocycles. The Balaban J connectivity index is 1.54. The lowest BCUT2D eigenvalue weighted by atomic mass is 9.99. The smallest absolute Gasteiger partial charge is 0.0574 e. The molecule has 0 amide bonds. The fourth-order valence-corrected chi connectivity index (χ4v) is 3.41. The van der Waals surface area contributed by atoms with E-state index in [1.54, 1.807) is 0 Å². The predicted molar refractivity (Wildman–Crippen MR) is 87.6 cm³/mol. The first-order valence-corrected chi connectivity index (χ1v) is 8.45. The highest BCUT2D eigenvalue weighted by atomic mass is 16.3. The van der Waals surface area contributed by atoms with E-state index in [2.05, 4.69) is 41.0 Å². The van der Waals surface area contributed by atoms with Crippen LogP contribution < -0.4 is 4.90 Å². The summed E-state index contributed by atoms with van der Waals surface area (Å²) < 4.78 is 0. The first-order chi connectivity index (χ1) is 10.2. The van der Waals surface area contributed by atoms with Gasteiger partial charge in [-0.1, -0.05) is 19.1 Å². The van der Waals surface area contributed by atoms with Crippen LogP contribution >= 0.6 is 0 Å². The van der Waals surface area contributed by atoms with Crippen LogP contribution in [0.1, 0.15) is 38.2 Å². The van der Waals surface area contributed by atoms with Crippen molar-refractivity contribution in [2.45, 2.75) is 45.3 Å². The molecule has 2 fully saturated rings. The number of hydrogen-bond acceptors (Lipinski definition) is 3. The maximum atomic E-state index is 9.59. The standard InChI is InChI=1S/C18H28N2O/c1-15-6-10-19(11-7-15)14-16-2-4-17(5-3-16)20-12-8-18(21)9-13-20/h2-5,15,18,21H,6-14H2,1H3. The molecular formula is C18H28N2O. The van der Waals surface area contributed by atoms with E-state index in [1.807, 2.05) is 0 Å². The number of hydrogen-bond donors (Lipinski definition) is 1. The summed E-state index contributed by atoms with van der Waals surface area (Å²) in [5.41, 5.74) is 2.73. The van der Waals surface area contributed by atoms with Gasteiger partial charge >= 0.3 is 0 Å². The van der Waals surface area contributed by atoms with Gasteiger partial charge in [-0.3, -0.25) is 4.90 Å². The van der Waals surface area contributed by atoms with Crippen LogP contribution in [0.2, 0.25) is 0 Å². The summed E-state index contributed by atoms with van der Waals surface area (Å²) in [7, 11) is 0. The average molecular weight is 288 g/mol. The second-order valence-electron chi connectivity index (χ2n) is 6.84. The van der Waals surface area contributed by atoms with Gasteiger partial charge in [-0.15, -0.1) is 0 Å². The van der Waals surface area contributed by atoms with Gasteiger partial charge in [0, 0.05) is 25.3 Å². The van der Waals surface area contributed by atoms with Crippen LogP contribution in [0, 0.1) is 5.92 Å². The highest BCUT2D eigenvalue weighted by Gasteiger charge is 2.18. The molecule has 1 aromatic rings. The minimum absolute atomic E-state index is 0.0954. The molecule has 0 spiro atoms. The minimum atomic E-state index is -0.0954. The number of anilines is 1. The molecule has 2 aliphatic rings. The molecule has 116 valence electrons. The highest BCUT2D eigenvalue weighted by molar-refractivity contribution is 5.48. The molecule has 0 aromatic heterocycles. The highest BCUT2D eigenvalue weighted by Crippen LogP contribution is 2.22. The lowest BCUT2D eigenvalue weighted by molar-refractivity contribution is 0.145. The Morgan fingerprint density at radius 1 is 0.952 bits per heavy atom. The zero-order valence-electron chi connectivity index (χ0n) is 13.2. The fourth-order valence-electron chi connectivity index (χ4n) is 3.41. The van der Waals surface area contributed by atoms with Crippen LogP contribution in [-0.4, -0.2) is 42.3 Å². The summed E-state index contributed by atoms with van der Waals surface area (Å²) >= 11 is 0. The number of likely N-dealkylation sites (tertiary alicyclic amines) is 1. The van der Waals surface area contributed by atoms with Gasteiger partial charge in [-0.05, 0) is 62.4 Å². The molecule has 3 heteroatoms. The Morgan fingerprint density at radius 2 is 1.57 bits per heavy atom. The number of aliphatic hydroxyl groups is 1. The lowest BCUT2D eigenvalue weighted by Gasteiger charge is -2.32. The molecule has 0 radical (unpaired) electrons. The van der Waals surface area contributed by atoms with Crippen LogP contribution in [0.3, 0.4) is 0 Å². The predicted octanol–water partition coefficient (Wildman–Crippen LogP) is 2.88. The summed E-state index contributed by atoms with van der Waals surface area (Å²) in [5, 5.41) is 9.59. The van der Waals surface area contributed by atoms with Crippen molar-refractivity contribution < 1.29 is 5.11 Å². The third kappa shape index (κ3) is 3.98. The summed E-state index contributed by atoms with van der Waals surface area (Å²) in [6.07, 6.45) is 4.38. The second kappa shape index (κ2) is 6.80. The van der Waals surface area contributed by atoms with Crippen molar-refractivity contribution in [2.24, 2.45) is 5.92 Å². The third-order valence-corrected chi connectivity index (χ3v) is 5.05. The molecule has 1 N–H and O–H groups in total. The Bertz CT molecular complexity index is 429. The molecule has 0 bridgehead atoms. The van der Waals surface area contributed by atoms with Gasteiger partial charge in [0.15, 0.2) is 0 Å². The molecule has 21 heavy (non-hydrogen) atoms. The van der Waals surface area contributed by atoms with Crippen molar-refractivity contribution in [1.29, 1.82) is 0 Å². The molecular weight excluding hydrogens is 260 g/mol. The summed E-state index contributed by atoms with van der Waals surface area (Å²) in [6.45, 7) is 7.89. The van der Waals surface area contributed by atoms with E-state index < -0.39 is 0 Å². The van der Waals surface area contributed by atoms with E-state index in [4.69, 9.17) is 0 Å². The van der Waals surface area contributed by atoms with Gasteiger partial charge in [0.2, 0.25) is 0 Å². The Kier molecular flexibility index (Phi) is 4.81. The fraction of sp³-hybridized carbons (Fsp3) is 0.667. The molecule has 2 heterocycles. The number of nitrogens with zero attached hydrogens (tertiary/aromatic N) is 2. The SMILES string of the molecule is CC1CCN(Cc2ccc(N3CCC(O)CC3)cc2)CC1. The maximum Gasteiger partial charge on any atom is 0.0574 e. The normalized spacial score (nSPS) is 22.7. The van der Waals surface area contributed by atoms with Gasteiger partial charge in [-0.25, -0.2) is 0 Å². The molecule has 1 aromatic carbocycles. The minimum Gasteiger partial charge on any atom is -0.393 e. The Labute approximate surface area is 128 Å². The van der Waals surface area contributed by atoms with Crippen molar-refractivity contribution in [3.63, 3.8) is 0 Å². The van der Waals surface area contributed by atoms with Gasteiger partial charge in [0.25, 0.3) is 0 Å². The van der Waals surface area contributed by atoms with E-state index in [-0.39, 0.29) is 6.10 Å². The summed E-state index contributed by atoms with van der Waals surface area (Å²) in [5.74, 6) is 0.901. The quantitative estimate of drug-likeness (QED) is 0.926. The van der Waals surface area contributed by atoms with Crippen LogP contribution in [-0.2, 0) is 6.54 Å². The van der Waals surface area contributed by atoms with Gasteiger partial charge < -0.3 is 10.0 Å². The zero-order valence-corrected chi connectivity index (χ0v) is 13.2. The van der Waals surface area contributed by atoms with Crippen LogP contribution in [0.25, 0.3) is 0 Å². The monoisotopic (exact) mass is 288 g/mol. The lowest BCUT2D eigenvalue weighted by Crippen LogP contribution is -2.35. The molecule has 0 saturated carbocycles. The van der Waals surface area contributed by atoms with Crippen molar-refractivity contribution in [2.75, 3.05) is 31.1 Å². The number of benzene rings is 1. The van der Waals surface area contributed by atoms with E-state index in [9.17, 15) is 5.11 Å². The molecule has 2 saturated heterocycles. The largest absolute Gasteiger partial charge is 0.393 e. The van der Waals surface area contributed by atoms with E-state index in [0.717, 1.165) is 38.4 Å². The molecule has 0 aliphatic carbocycles. The maximum absolute atomic E-state index is 9.59. The summed E-state index contributed by atoms with van der Waals surface area (Å²) in [6, 6.07) is 9.05. The van der Waals surface area contributed by atoms with Crippen molar-refractivity contribution in [3.05, 3.63) is 29.8 Å². The van der Waals surface area contributed by atoms with Crippen molar-refractivity contribution >= 4 is 5.69 Å². The Morgan fingerprint density at radius 3 is 2.19 bits per heavy atom. The Hall–Kier alpha value is -1.06. The molecule has 3 nitrogen and oxygen atoms in total. The second-order valence-corrected chi connectivity index (χ2v) is 6.84. The molecule has 0 unspecified atom stereocenters. The van der Waals surface area contributed by atoms with Crippen LogP contribution in [0.4, 0.5) is 5.69 Å². The van der Waals surface area contributed by atoms with Crippen molar-refractivity contribution in [3.8, 4) is 0 Å². The van der Waals surface area contributed by atoms with E-state index in [0.29, 0.717) is 0 Å². The number of rotatable bonds is 3. The van der Waals surface area contributed by atoms with Crippen molar-refractivity contribution in [1.82, 2.24) is 4.90 Å². The number of aliphatic hydroxyl groups excluding tert-OH is 1. The van der Waals surface area contributed by atoms with Crippen LogP contribution in [0.5, 0.6) is 0 Å². The zero-order chi connectivity index (χ0) is 14.7. The average Bonchev–Trinajstić information content (AvgIpc) is 2.51. The molecule has 0 atom stereocenters.